The molecular weight excluding hydrogens is 176 g/mol. The van der Waals surface area contributed by atoms with Crippen molar-refractivity contribution in [2.75, 3.05) is 6.54 Å². The molecule has 0 aromatic heterocycles. The van der Waals surface area contributed by atoms with Crippen LogP contribution in [0.5, 0.6) is 0 Å². The van der Waals surface area contributed by atoms with Gasteiger partial charge in [-0.05, 0) is 31.1 Å². The first-order valence-corrected chi connectivity index (χ1v) is 5.20. The van der Waals surface area contributed by atoms with E-state index < -0.39 is 0 Å². The highest BCUT2D eigenvalue weighted by Crippen LogP contribution is 2.47. The van der Waals surface area contributed by atoms with E-state index in [1.165, 1.54) is 6.42 Å². The molecule has 0 aliphatic heterocycles. The Kier molecular flexibility index (Phi) is 2.47. The van der Waals surface area contributed by atoms with E-state index >= 15 is 0 Å². The fraction of sp³-hybridized carbons (Fsp3) is 0.727. The van der Waals surface area contributed by atoms with Gasteiger partial charge in [-0.15, -0.1) is 6.42 Å². The van der Waals surface area contributed by atoms with Crippen LogP contribution in [0.25, 0.3) is 0 Å². The summed E-state index contributed by atoms with van der Waals surface area (Å²) in [6.07, 6.45) is 8.58. The average molecular weight is 192 g/mol. The minimum atomic E-state index is 0.0158. The van der Waals surface area contributed by atoms with Gasteiger partial charge in [0, 0.05) is 6.04 Å². The fourth-order valence-electron chi connectivity index (χ4n) is 2.98. The van der Waals surface area contributed by atoms with E-state index in [1.54, 1.807) is 0 Å². The minimum absolute atomic E-state index is 0.0158. The summed E-state index contributed by atoms with van der Waals surface area (Å²) in [5.74, 6) is 3.56. The van der Waals surface area contributed by atoms with E-state index in [0.717, 1.165) is 12.8 Å². The van der Waals surface area contributed by atoms with Crippen LogP contribution in [0.1, 0.15) is 19.3 Å². The Hall–Kier alpha value is -1.01. The van der Waals surface area contributed by atoms with Gasteiger partial charge in [-0.25, -0.2) is 0 Å². The Morgan fingerprint density at radius 3 is 2.79 bits per heavy atom. The second-order valence-corrected chi connectivity index (χ2v) is 4.36. The Bertz CT molecular complexity index is 280. The van der Waals surface area contributed by atoms with Crippen LogP contribution < -0.4 is 11.1 Å². The van der Waals surface area contributed by atoms with E-state index in [0.29, 0.717) is 18.4 Å². The van der Waals surface area contributed by atoms with E-state index in [2.05, 4.69) is 11.2 Å². The van der Waals surface area contributed by atoms with Crippen LogP contribution in [-0.2, 0) is 4.79 Å². The Morgan fingerprint density at radius 2 is 2.21 bits per heavy atom. The number of hydrogen-bond acceptors (Lipinski definition) is 2. The summed E-state index contributed by atoms with van der Waals surface area (Å²) in [5.41, 5.74) is 6.02. The number of hydrogen-bond donors (Lipinski definition) is 2. The summed E-state index contributed by atoms with van der Waals surface area (Å²) in [7, 11) is 0. The molecule has 76 valence electrons. The van der Waals surface area contributed by atoms with Gasteiger partial charge in [0.05, 0.1) is 12.5 Å². The summed E-state index contributed by atoms with van der Waals surface area (Å²) in [6, 6.07) is 0.0616. The first-order valence-electron chi connectivity index (χ1n) is 5.20. The van der Waals surface area contributed by atoms with E-state index in [4.69, 9.17) is 12.2 Å². The van der Waals surface area contributed by atoms with Crippen molar-refractivity contribution in [3.8, 4) is 12.3 Å². The van der Waals surface area contributed by atoms with E-state index in [1.807, 2.05) is 0 Å². The molecule has 0 saturated heterocycles. The second kappa shape index (κ2) is 3.62. The Balaban J connectivity index is 1.98. The largest absolute Gasteiger partial charge is 0.345 e. The topological polar surface area (TPSA) is 55.1 Å². The quantitative estimate of drug-likeness (QED) is 0.610. The zero-order valence-corrected chi connectivity index (χ0v) is 8.20. The monoisotopic (exact) mass is 192 g/mol. The van der Waals surface area contributed by atoms with Gasteiger partial charge in [-0.3, -0.25) is 4.79 Å². The van der Waals surface area contributed by atoms with Crippen LogP contribution in [0.2, 0.25) is 0 Å². The molecule has 2 aliphatic rings. The molecule has 0 heterocycles. The van der Waals surface area contributed by atoms with Crippen molar-refractivity contribution >= 4 is 5.91 Å². The van der Waals surface area contributed by atoms with Gasteiger partial charge in [0.1, 0.15) is 0 Å². The van der Waals surface area contributed by atoms with Gasteiger partial charge in [0.25, 0.3) is 0 Å². The van der Waals surface area contributed by atoms with Gasteiger partial charge in [0.2, 0.25) is 5.91 Å². The summed E-state index contributed by atoms with van der Waals surface area (Å²) < 4.78 is 0. The number of amides is 1. The number of carbonyl (C=O) groups excluding carboxylic acids is 1. The van der Waals surface area contributed by atoms with Crippen LogP contribution in [0.4, 0.5) is 0 Å². The summed E-state index contributed by atoms with van der Waals surface area (Å²) in [4.78, 5) is 11.7. The Labute approximate surface area is 84.4 Å². The normalized spacial score (nSPS) is 39.4. The zero-order valence-electron chi connectivity index (χ0n) is 8.20. The van der Waals surface area contributed by atoms with Crippen LogP contribution in [-0.4, -0.2) is 18.5 Å². The van der Waals surface area contributed by atoms with E-state index in [-0.39, 0.29) is 17.9 Å². The molecule has 2 bridgehead atoms. The maximum atomic E-state index is 11.7. The first kappa shape index (κ1) is 9.54. The molecule has 1 amide bonds. The highest BCUT2D eigenvalue weighted by atomic mass is 16.1. The lowest BCUT2D eigenvalue weighted by atomic mass is 9.84. The van der Waals surface area contributed by atoms with Crippen LogP contribution in [0.15, 0.2) is 0 Å². The second-order valence-electron chi connectivity index (χ2n) is 4.36. The minimum Gasteiger partial charge on any atom is -0.345 e. The SMILES string of the molecule is C#CCNC(=O)[C@H]1C2CCC(C2)[C@H]1N. The lowest BCUT2D eigenvalue weighted by Crippen LogP contribution is -2.45. The van der Waals surface area contributed by atoms with Crippen molar-refractivity contribution in [1.29, 1.82) is 0 Å². The number of nitrogens with one attached hydrogen (secondary N) is 1. The number of nitrogens with two attached hydrogens (primary N) is 1. The lowest BCUT2D eigenvalue weighted by Gasteiger charge is -2.26. The molecule has 2 rings (SSSR count). The van der Waals surface area contributed by atoms with Crippen LogP contribution >= 0.6 is 0 Å². The molecular formula is C11H16N2O. The predicted molar refractivity (Wildman–Crippen MR) is 54.1 cm³/mol. The maximum Gasteiger partial charge on any atom is 0.225 e. The molecule has 3 N–H and O–H groups in total. The first-order chi connectivity index (χ1) is 6.74. The average Bonchev–Trinajstić information content (AvgIpc) is 2.74. The van der Waals surface area contributed by atoms with Crippen molar-refractivity contribution < 1.29 is 4.79 Å². The van der Waals surface area contributed by atoms with Crippen LogP contribution in [0.3, 0.4) is 0 Å². The molecule has 3 heteroatoms. The zero-order chi connectivity index (χ0) is 10.1. The molecule has 3 nitrogen and oxygen atoms in total. The van der Waals surface area contributed by atoms with Crippen LogP contribution in [0, 0.1) is 30.1 Å². The smallest absolute Gasteiger partial charge is 0.225 e. The summed E-state index contributed by atoms with van der Waals surface area (Å²) in [5, 5.41) is 2.73. The van der Waals surface area contributed by atoms with Crippen molar-refractivity contribution in [2.45, 2.75) is 25.3 Å². The highest BCUT2D eigenvalue weighted by Gasteiger charge is 2.48. The summed E-state index contributed by atoms with van der Waals surface area (Å²) in [6.45, 7) is 0.319. The molecule has 4 atom stereocenters. The standard InChI is InChI=1S/C11H16N2O/c1-2-5-13-11(14)9-7-3-4-8(6-7)10(9)12/h1,7-10H,3-6,12H2,(H,13,14)/t7?,8?,9-,10+/m0/s1. The molecule has 2 unspecified atom stereocenters. The molecule has 0 radical (unpaired) electrons. The number of fused-ring (bicyclic) bond motifs is 2. The number of terminal acetylenes is 1. The van der Waals surface area contributed by atoms with Gasteiger partial charge in [-0.2, -0.15) is 0 Å². The maximum absolute atomic E-state index is 11.7. The third kappa shape index (κ3) is 1.40. The van der Waals surface area contributed by atoms with Gasteiger partial charge in [-0.1, -0.05) is 5.92 Å². The van der Waals surface area contributed by atoms with Crippen molar-refractivity contribution in [3.63, 3.8) is 0 Å². The third-order valence-electron chi connectivity index (χ3n) is 3.65. The van der Waals surface area contributed by atoms with Gasteiger partial charge < -0.3 is 11.1 Å². The molecule has 0 aromatic carbocycles. The van der Waals surface area contributed by atoms with Crippen molar-refractivity contribution in [3.05, 3.63) is 0 Å². The molecule has 2 aliphatic carbocycles. The molecule has 0 spiro atoms. The summed E-state index contributed by atoms with van der Waals surface area (Å²) >= 11 is 0. The molecule has 0 aromatic rings. The molecule has 14 heavy (non-hydrogen) atoms. The third-order valence-corrected chi connectivity index (χ3v) is 3.65. The van der Waals surface area contributed by atoms with Gasteiger partial charge >= 0.3 is 0 Å². The van der Waals surface area contributed by atoms with Crippen molar-refractivity contribution in [1.82, 2.24) is 5.32 Å². The van der Waals surface area contributed by atoms with Gasteiger partial charge in [0.15, 0.2) is 0 Å². The molecule has 2 saturated carbocycles. The predicted octanol–water partition coefficient (Wildman–Crippen LogP) is 0.109. The Morgan fingerprint density at radius 1 is 1.50 bits per heavy atom. The number of carbonyl (C=O) groups is 1. The fourth-order valence-corrected chi connectivity index (χ4v) is 2.98. The molecule has 2 fully saturated rings. The lowest BCUT2D eigenvalue weighted by molar-refractivity contribution is -0.126. The van der Waals surface area contributed by atoms with Crippen molar-refractivity contribution in [2.24, 2.45) is 23.5 Å². The van der Waals surface area contributed by atoms with E-state index in [9.17, 15) is 4.79 Å². The highest BCUT2D eigenvalue weighted by molar-refractivity contribution is 5.80. The number of rotatable bonds is 2.